The van der Waals surface area contributed by atoms with E-state index < -0.39 is 48.2 Å². The number of methoxy groups -OCH3 is 1. The molecule has 5 atom stereocenters. The molecule has 0 aliphatic carbocycles. The van der Waals surface area contributed by atoms with Gasteiger partial charge in [-0.25, -0.2) is 14.6 Å². The molecule has 0 aliphatic rings. The van der Waals surface area contributed by atoms with E-state index in [1.807, 2.05) is 68.4 Å². The molecule has 0 bridgehead atoms. The van der Waals surface area contributed by atoms with Gasteiger partial charge < -0.3 is 30.5 Å². The van der Waals surface area contributed by atoms with Crippen LogP contribution in [0.25, 0.3) is 10.4 Å². The third-order valence-corrected chi connectivity index (χ3v) is 9.08. The zero-order valence-corrected chi connectivity index (χ0v) is 30.4. The van der Waals surface area contributed by atoms with E-state index in [1.54, 1.807) is 37.5 Å². The van der Waals surface area contributed by atoms with E-state index in [0.717, 1.165) is 21.6 Å². The van der Waals surface area contributed by atoms with E-state index in [2.05, 4.69) is 26.4 Å². The average Bonchev–Trinajstić information content (AvgIpc) is 3.64. The predicted octanol–water partition coefficient (Wildman–Crippen LogP) is 4.27. The maximum Gasteiger partial charge on any atom is 0.407 e. The van der Waals surface area contributed by atoms with Crippen LogP contribution >= 0.6 is 11.3 Å². The molecule has 50 heavy (non-hydrogen) atoms. The Bertz CT molecular complexity index is 1490. The Morgan fingerprint density at radius 1 is 0.880 bits per heavy atom. The summed E-state index contributed by atoms with van der Waals surface area (Å²) in [7, 11) is 1.23. The van der Waals surface area contributed by atoms with Crippen LogP contribution in [-0.4, -0.2) is 83.6 Å². The fourth-order valence-corrected chi connectivity index (χ4v) is 5.86. The molecule has 2 aromatic carbocycles. The predicted molar refractivity (Wildman–Crippen MR) is 192 cm³/mol. The highest BCUT2D eigenvalue weighted by molar-refractivity contribution is 7.13. The number of carbonyl (C=O) groups is 4. The lowest BCUT2D eigenvalue weighted by molar-refractivity contribution is -0.131. The summed E-state index contributed by atoms with van der Waals surface area (Å²) >= 11 is 1.52. The Morgan fingerprint density at radius 3 is 2.14 bits per heavy atom. The summed E-state index contributed by atoms with van der Waals surface area (Å²) in [5, 5.41) is 21.6. The van der Waals surface area contributed by atoms with Crippen LogP contribution in [0.1, 0.15) is 52.2 Å². The molecule has 5 N–H and O–H groups in total. The minimum atomic E-state index is -1.19. The number of ether oxygens (including phenoxy) is 2. The molecular formula is C36H50N6O7S. The van der Waals surface area contributed by atoms with Gasteiger partial charge in [0.2, 0.25) is 5.91 Å². The Kier molecular flexibility index (Phi) is 16.1. The Balaban J connectivity index is 1.91. The van der Waals surface area contributed by atoms with Crippen molar-refractivity contribution in [1.29, 1.82) is 0 Å². The Labute approximate surface area is 298 Å². The molecule has 272 valence electrons. The van der Waals surface area contributed by atoms with Gasteiger partial charge in [-0.2, -0.15) is 0 Å². The molecule has 1 aromatic heterocycles. The first-order valence-electron chi connectivity index (χ1n) is 16.8. The molecule has 13 nitrogen and oxygen atoms in total. The third-order valence-electron chi connectivity index (χ3n) is 8.26. The van der Waals surface area contributed by atoms with Crippen LogP contribution in [0.5, 0.6) is 0 Å². The largest absolute Gasteiger partial charge is 0.453 e. The first kappa shape index (κ1) is 39.9. The lowest BCUT2D eigenvalue weighted by atomic mass is 9.96. The number of nitrogens with zero attached hydrogens (tertiary/aromatic N) is 2. The molecule has 3 rings (SSSR count). The molecule has 0 saturated carbocycles. The molecule has 14 heteroatoms. The smallest absolute Gasteiger partial charge is 0.407 e. The molecule has 0 fully saturated rings. The van der Waals surface area contributed by atoms with Crippen molar-refractivity contribution in [3.63, 3.8) is 0 Å². The molecule has 0 spiro atoms. The Morgan fingerprint density at radius 2 is 1.56 bits per heavy atom. The summed E-state index contributed by atoms with van der Waals surface area (Å²) in [5.41, 5.74) is 7.36. The number of nitrogens with one attached hydrogen (secondary N) is 4. The highest BCUT2D eigenvalue weighted by Gasteiger charge is 2.32. The second-order valence-electron chi connectivity index (χ2n) is 12.4. The number of alkyl carbamates (subject to hydrolysis) is 2. The summed E-state index contributed by atoms with van der Waals surface area (Å²) in [4.78, 5) is 56.9. The van der Waals surface area contributed by atoms with Crippen molar-refractivity contribution in [2.45, 2.75) is 78.2 Å². The number of thiazole rings is 1. The van der Waals surface area contributed by atoms with E-state index >= 15 is 0 Å². The van der Waals surface area contributed by atoms with Gasteiger partial charge in [-0.05, 0) is 41.9 Å². The Hall–Kier alpha value is -4.53. The van der Waals surface area contributed by atoms with Gasteiger partial charge in [0.1, 0.15) is 12.1 Å². The summed E-state index contributed by atoms with van der Waals surface area (Å²) in [6, 6.07) is 14.5. The highest BCUT2D eigenvalue weighted by atomic mass is 32.1. The van der Waals surface area contributed by atoms with E-state index in [4.69, 9.17) is 9.47 Å². The summed E-state index contributed by atoms with van der Waals surface area (Å²) < 4.78 is 9.78. The van der Waals surface area contributed by atoms with Crippen LogP contribution in [0, 0.1) is 11.8 Å². The van der Waals surface area contributed by atoms with Crippen molar-refractivity contribution in [3.8, 4) is 10.4 Å². The normalized spacial score (nSPS) is 14.2. The van der Waals surface area contributed by atoms with E-state index in [1.165, 1.54) is 18.4 Å². The van der Waals surface area contributed by atoms with Crippen molar-refractivity contribution < 1.29 is 33.8 Å². The monoisotopic (exact) mass is 710 g/mol. The van der Waals surface area contributed by atoms with Crippen LogP contribution in [0.3, 0.4) is 0 Å². The van der Waals surface area contributed by atoms with Gasteiger partial charge in [0.05, 0.1) is 36.3 Å². The van der Waals surface area contributed by atoms with E-state index in [9.17, 15) is 24.3 Å². The fourth-order valence-electron chi connectivity index (χ4n) is 5.23. The topological polar surface area (TPSA) is 171 Å². The second-order valence-corrected chi connectivity index (χ2v) is 13.3. The lowest BCUT2D eigenvalue weighted by Crippen LogP contribution is -2.59. The van der Waals surface area contributed by atoms with Crippen molar-refractivity contribution in [2.24, 2.45) is 11.8 Å². The number of aliphatic hydroxyl groups excluding tert-OH is 1. The minimum Gasteiger partial charge on any atom is -0.453 e. The quantitative estimate of drug-likeness (QED) is 0.121. The highest BCUT2D eigenvalue weighted by Crippen LogP contribution is 2.24. The zero-order valence-electron chi connectivity index (χ0n) is 29.5. The molecule has 3 aromatic rings. The van der Waals surface area contributed by atoms with Crippen LogP contribution < -0.4 is 21.4 Å². The van der Waals surface area contributed by atoms with Crippen molar-refractivity contribution in [3.05, 3.63) is 77.4 Å². The van der Waals surface area contributed by atoms with Gasteiger partial charge in [0, 0.05) is 19.3 Å². The third kappa shape index (κ3) is 12.4. The first-order valence-corrected chi connectivity index (χ1v) is 17.7. The van der Waals surface area contributed by atoms with Gasteiger partial charge in [-0.1, -0.05) is 88.7 Å². The fraction of sp³-hybridized carbons (Fsp3) is 0.472. The lowest BCUT2D eigenvalue weighted by Gasteiger charge is -2.33. The standard InChI is InChI=1S/C36H50N6O7S/c1-7-24(5)32(40-35(46)48-6)33(44)38-28(18-25-12-10-9-11-13-25)29(43)21-42(41-34(45)31(23(3)4)39-36(47)49-8-2)20-26-14-16-27(17-15-26)30-19-37-22-50-30/h9-17,19,22-24,28-29,31-32,43H,7-8,18,20-21H2,1-6H3,(H,38,44)(H,39,47)(H,40,46)(H,41,45)/t24-,28-,29-,31-,32-/m0/s1. The second kappa shape index (κ2) is 20.2. The van der Waals surface area contributed by atoms with Crippen LogP contribution in [0.2, 0.25) is 0 Å². The molecule has 0 aliphatic heterocycles. The summed E-state index contributed by atoms with van der Waals surface area (Å²) in [6.45, 7) is 9.28. The van der Waals surface area contributed by atoms with Crippen molar-refractivity contribution in [2.75, 3.05) is 20.3 Å². The molecule has 0 radical (unpaired) electrons. The minimum absolute atomic E-state index is 0.0945. The summed E-state index contributed by atoms with van der Waals surface area (Å²) in [6.07, 6.45) is 0.0160. The maximum absolute atomic E-state index is 13.7. The average molecular weight is 711 g/mol. The number of hydrogen-bond donors (Lipinski definition) is 5. The van der Waals surface area contributed by atoms with Crippen molar-refractivity contribution >= 4 is 35.3 Å². The number of rotatable bonds is 18. The first-order chi connectivity index (χ1) is 23.9. The van der Waals surface area contributed by atoms with Crippen molar-refractivity contribution in [1.82, 2.24) is 31.4 Å². The SMILES string of the molecule is CCOC(=O)N[C@H](C(=O)NN(Cc1ccc(-c2cncs2)cc1)C[C@H](O)[C@H](Cc1ccccc1)NC(=O)[C@@H](NC(=O)OC)[C@@H](C)CC)C(C)C. The number of aromatic nitrogens is 1. The van der Waals surface area contributed by atoms with E-state index in [-0.39, 0.29) is 38.0 Å². The number of amides is 4. The van der Waals surface area contributed by atoms with Gasteiger partial charge in [-0.3, -0.25) is 20.0 Å². The zero-order chi connectivity index (χ0) is 36.6. The van der Waals surface area contributed by atoms with Crippen LogP contribution in [0.15, 0.2) is 66.3 Å². The van der Waals surface area contributed by atoms with Crippen LogP contribution in [-0.2, 0) is 32.0 Å². The van der Waals surface area contributed by atoms with E-state index in [0.29, 0.717) is 6.42 Å². The van der Waals surface area contributed by atoms with Gasteiger partial charge in [0.15, 0.2) is 0 Å². The number of benzene rings is 2. The van der Waals surface area contributed by atoms with Gasteiger partial charge >= 0.3 is 12.2 Å². The van der Waals surface area contributed by atoms with Gasteiger partial charge in [-0.15, -0.1) is 11.3 Å². The molecule has 0 saturated heterocycles. The van der Waals surface area contributed by atoms with Gasteiger partial charge in [0.25, 0.3) is 5.91 Å². The van der Waals surface area contributed by atoms with Crippen LogP contribution in [0.4, 0.5) is 9.59 Å². The number of carbonyl (C=O) groups excluding carboxylic acids is 4. The molecule has 4 amide bonds. The number of hydrogen-bond acceptors (Lipinski definition) is 10. The molecular weight excluding hydrogens is 660 g/mol. The molecule has 0 unspecified atom stereocenters. The number of aliphatic hydroxyl groups is 1. The summed E-state index contributed by atoms with van der Waals surface area (Å²) in [5.74, 6) is -1.48. The maximum atomic E-state index is 13.7. The molecule has 1 heterocycles. The number of hydrazine groups is 1.